The molecule has 0 aromatic carbocycles. The Morgan fingerprint density at radius 3 is 1.12 bits per heavy atom. The van der Waals surface area contributed by atoms with E-state index in [0.717, 1.165) is 0 Å². The molecule has 1 atom stereocenters. The van der Waals surface area contributed by atoms with Crippen molar-refractivity contribution >= 4 is 17.9 Å². The fourth-order valence-corrected chi connectivity index (χ4v) is 1.58. The number of carbonyl (C=O) groups is 3. The lowest BCUT2D eigenvalue weighted by Crippen LogP contribution is -2.47. The summed E-state index contributed by atoms with van der Waals surface area (Å²) in [6.45, 7) is 14.5. The van der Waals surface area contributed by atoms with E-state index in [1.807, 2.05) is 0 Å². The predicted molar refractivity (Wildman–Crippen MR) is 87.0 cm³/mol. The molecule has 0 aromatic rings. The van der Waals surface area contributed by atoms with Gasteiger partial charge in [0, 0.05) is 0 Å². The number of hydrogen-bond donors (Lipinski definition) is 1. The highest BCUT2D eigenvalue weighted by Crippen LogP contribution is 2.21. The van der Waals surface area contributed by atoms with Crippen LogP contribution in [0.2, 0.25) is 0 Å². The van der Waals surface area contributed by atoms with Crippen LogP contribution in [0, 0.1) is 5.92 Å². The van der Waals surface area contributed by atoms with Gasteiger partial charge in [-0.25, -0.2) is 4.79 Å². The Kier molecular flexibility index (Phi) is 7.00. The van der Waals surface area contributed by atoms with E-state index < -0.39 is 46.7 Å². The molecule has 0 aromatic heterocycles. The largest absolute Gasteiger partial charge is 0.459 e. The first-order valence-corrected chi connectivity index (χ1v) is 7.79. The van der Waals surface area contributed by atoms with Gasteiger partial charge < -0.3 is 19.3 Å². The molecule has 0 bridgehead atoms. The van der Waals surface area contributed by atoms with E-state index in [9.17, 15) is 19.5 Å². The quantitative estimate of drug-likeness (QED) is 0.472. The minimum atomic E-state index is -2.02. The molecule has 0 radical (unpaired) electrons. The molecule has 0 saturated heterocycles. The van der Waals surface area contributed by atoms with Crippen LogP contribution in [0.5, 0.6) is 0 Å². The Labute approximate surface area is 143 Å². The van der Waals surface area contributed by atoms with Gasteiger partial charge in [0.05, 0.1) is 0 Å². The molecule has 0 aliphatic rings. The Morgan fingerprint density at radius 1 is 0.625 bits per heavy atom. The fraction of sp³-hybridized carbons (Fsp3) is 0.824. The Morgan fingerprint density at radius 2 is 0.875 bits per heavy atom. The molecule has 140 valence electrons. The minimum absolute atomic E-state index is 0.884. The highest BCUT2D eigenvalue weighted by Gasteiger charge is 2.45. The summed E-state index contributed by atoms with van der Waals surface area (Å²) in [5.41, 5.74) is -2.68. The van der Waals surface area contributed by atoms with Crippen LogP contribution in [0.1, 0.15) is 62.3 Å². The molecule has 0 amide bonds. The van der Waals surface area contributed by atoms with Crippen molar-refractivity contribution in [1.82, 2.24) is 0 Å². The van der Waals surface area contributed by atoms with Gasteiger partial charge >= 0.3 is 17.9 Å². The average molecular weight is 346 g/mol. The molecule has 7 heteroatoms. The van der Waals surface area contributed by atoms with Gasteiger partial charge in [-0.2, -0.15) is 0 Å². The van der Waals surface area contributed by atoms with Crippen molar-refractivity contribution in [3.05, 3.63) is 0 Å². The molecule has 1 unspecified atom stereocenters. The molecule has 7 nitrogen and oxygen atoms in total. The summed E-state index contributed by atoms with van der Waals surface area (Å²) in [5.74, 6) is -5.01. The van der Waals surface area contributed by atoms with E-state index >= 15 is 0 Å². The SMILES string of the molecule is CC(C)(C)OC(=O)C(O)C(C(=O)OC(C)(C)C)C(=O)OC(C)(C)C. The standard InChI is InChI=1S/C17H30O7/c1-15(2,3)22-12(19)10(13(20)23-16(4,5)6)11(18)14(21)24-17(7,8)9/h10-11,18H,1-9H3. The van der Waals surface area contributed by atoms with E-state index in [1.54, 1.807) is 62.3 Å². The molecular formula is C17H30O7. The lowest BCUT2D eigenvalue weighted by atomic mass is 10.0. The van der Waals surface area contributed by atoms with Crippen LogP contribution in [0.15, 0.2) is 0 Å². The van der Waals surface area contributed by atoms with Gasteiger partial charge in [-0.1, -0.05) is 0 Å². The van der Waals surface area contributed by atoms with Crippen LogP contribution < -0.4 is 0 Å². The average Bonchev–Trinajstić information content (AvgIpc) is 2.20. The molecule has 0 rings (SSSR count). The lowest BCUT2D eigenvalue weighted by molar-refractivity contribution is -0.189. The van der Waals surface area contributed by atoms with E-state index in [-0.39, 0.29) is 0 Å². The van der Waals surface area contributed by atoms with Gasteiger partial charge in [0.15, 0.2) is 12.0 Å². The van der Waals surface area contributed by atoms with Crippen molar-refractivity contribution in [3.8, 4) is 0 Å². The first-order chi connectivity index (χ1) is 10.4. The summed E-state index contributed by atoms with van der Waals surface area (Å²) in [4.78, 5) is 36.7. The van der Waals surface area contributed by atoms with Crippen molar-refractivity contribution in [2.24, 2.45) is 5.92 Å². The van der Waals surface area contributed by atoms with Crippen LogP contribution in [-0.2, 0) is 28.6 Å². The molecular weight excluding hydrogens is 316 g/mol. The van der Waals surface area contributed by atoms with Crippen molar-refractivity contribution < 1.29 is 33.7 Å². The molecule has 0 aliphatic carbocycles. The van der Waals surface area contributed by atoms with Gasteiger partial charge in [0.1, 0.15) is 16.8 Å². The van der Waals surface area contributed by atoms with Crippen molar-refractivity contribution in [2.45, 2.75) is 85.2 Å². The third-order valence-corrected chi connectivity index (χ3v) is 2.29. The van der Waals surface area contributed by atoms with Crippen LogP contribution >= 0.6 is 0 Å². The number of esters is 3. The van der Waals surface area contributed by atoms with E-state index in [2.05, 4.69) is 0 Å². The zero-order valence-electron chi connectivity index (χ0n) is 16.1. The third kappa shape index (κ3) is 8.86. The Bertz CT molecular complexity index is 447. The maximum absolute atomic E-state index is 12.3. The van der Waals surface area contributed by atoms with E-state index in [0.29, 0.717) is 0 Å². The van der Waals surface area contributed by atoms with Gasteiger partial charge in [-0.15, -0.1) is 0 Å². The second-order valence-corrected chi connectivity index (χ2v) is 8.52. The zero-order chi connectivity index (χ0) is 19.5. The minimum Gasteiger partial charge on any atom is -0.459 e. The van der Waals surface area contributed by atoms with Crippen molar-refractivity contribution in [1.29, 1.82) is 0 Å². The Hall–Kier alpha value is -1.63. The molecule has 0 spiro atoms. The summed E-state index contributed by atoms with van der Waals surface area (Å²) in [5, 5.41) is 10.2. The Balaban J connectivity index is 5.49. The fourth-order valence-electron chi connectivity index (χ4n) is 1.58. The van der Waals surface area contributed by atoms with Crippen LogP contribution in [0.25, 0.3) is 0 Å². The number of aliphatic hydroxyl groups excluding tert-OH is 1. The zero-order valence-corrected chi connectivity index (χ0v) is 16.1. The second kappa shape index (κ2) is 7.51. The molecule has 1 N–H and O–H groups in total. The van der Waals surface area contributed by atoms with Crippen molar-refractivity contribution in [2.75, 3.05) is 0 Å². The maximum Gasteiger partial charge on any atom is 0.337 e. The van der Waals surface area contributed by atoms with Gasteiger partial charge in [0.2, 0.25) is 0 Å². The van der Waals surface area contributed by atoms with E-state index in [4.69, 9.17) is 14.2 Å². The summed E-state index contributed by atoms with van der Waals surface area (Å²) in [6.07, 6.45) is -2.02. The molecule has 0 saturated carbocycles. The molecule has 0 heterocycles. The third-order valence-electron chi connectivity index (χ3n) is 2.29. The summed E-state index contributed by atoms with van der Waals surface area (Å²) < 4.78 is 15.3. The molecule has 0 fully saturated rings. The topological polar surface area (TPSA) is 99.1 Å². The van der Waals surface area contributed by atoms with Crippen molar-refractivity contribution in [3.63, 3.8) is 0 Å². The monoisotopic (exact) mass is 346 g/mol. The number of aliphatic hydroxyl groups is 1. The highest BCUT2D eigenvalue weighted by atomic mass is 16.6. The maximum atomic E-state index is 12.3. The normalized spacial score (nSPS) is 14.1. The first-order valence-electron chi connectivity index (χ1n) is 7.79. The molecule has 0 aliphatic heterocycles. The summed E-state index contributed by atoms with van der Waals surface area (Å²) >= 11 is 0. The van der Waals surface area contributed by atoms with Crippen LogP contribution in [0.4, 0.5) is 0 Å². The van der Waals surface area contributed by atoms with Crippen LogP contribution in [0.3, 0.4) is 0 Å². The van der Waals surface area contributed by atoms with Gasteiger partial charge in [-0.05, 0) is 62.3 Å². The second-order valence-electron chi connectivity index (χ2n) is 8.52. The summed E-state index contributed by atoms with van der Waals surface area (Å²) in [6, 6.07) is 0. The number of carbonyl (C=O) groups excluding carboxylic acids is 3. The predicted octanol–water partition coefficient (Wildman–Crippen LogP) is 1.99. The van der Waals surface area contributed by atoms with Gasteiger partial charge in [0.25, 0.3) is 0 Å². The van der Waals surface area contributed by atoms with E-state index in [1.165, 1.54) is 0 Å². The number of rotatable bonds is 4. The van der Waals surface area contributed by atoms with Crippen LogP contribution in [-0.4, -0.2) is 45.9 Å². The smallest absolute Gasteiger partial charge is 0.337 e. The first kappa shape index (κ1) is 22.4. The lowest BCUT2D eigenvalue weighted by Gasteiger charge is -2.29. The summed E-state index contributed by atoms with van der Waals surface area (Å²) in [7, 11) is 0. The van der Waals surface area contributed by atoms with Gasteiger partial charge in [-0.3, -0.25) is 9.59 Å². The highest BCUT2D eigenvalue weighted by molar-refractivity contribution is 6.00. The number of hydrogen-bond acceptors (Lipinski definition) is 7. The molecule has 24 heavy (non-hydrogen) atoms. The number of ether oxygens (including phenoxy) is 3.